The second kappa shape index (κ2) is 6.50. The van der Waals surface area contributed by atoms with E-state index in [1.807, 2.05) is 0 Å². The van der Waals surface area contributed by atoms with Gasteiger partial charge in [0.25, 0.3) is 0 Å². The van der Waals surface area contributed by atoms with Crippen LogP contribution in [0, 0.1) is 11.6 Å². The minimum atomic E-state index is -0.594. The number of ether oxygens (including phenoxy) is 1. The lowest BCUT2D eigenvalue weighted by Gasteiger charge is -2.10. The maximum Gasteiger partial charge on any atom is 0.133 e. The van der Waals surface area contributed by atoms with Crippen molar-refractivity contribution >= 4 is 12.4 Å². The molecule has 0 radical (unpaired) electrons. The van der Waals surface area contributed by atoms with Crippen molar-refractivity contribution in [3.05, 3.63) is 53.6 Å². The largest absolute Gasteiger partial charge is 0.496 e. The van der Waals surface area contributed by atoms with Gasteiger partial charge in [-0.1, -0.05) is 6.07 Å². The molecule has 19 heavy (non-hydrogen) atoms. The van der Waals surface area contributed by atoms with Crippen LogP contribution >= 0.6 is 12.4 Å². The molecule has 102 valence electrons. The van der Waals surface area contributed by atoms with Crippen molar-refractivity contribution in [1.82, 2.24) is 0 Å². The molecule has 0 unspecified atom stereocenters. The Labute approximate surface area is 116 Å². The van der Waals surface area contributed by atoms with Crippen LogP contribution in [0.5, 0.6) is 5.75 Å². The molecule has 0 bridgehead atoms. The Balaban J connectivity index is 0.00000180. The highest BCUT2D eigenvalue weighted by Crippen LogP contribution is 2.28. The Bertz CT molecular complexity index is 575. The quantitative estimate of drug-likeness (QED) is 0.936. The molecular weight excluding hydrogens is 272 g/mol. The number of rotatable bonds is 3. The van der Waals surface area contributed by atoms with Gasteiger partial charge in [-0.05, 0) is 29.8 Å². The predicted octanol–water partition coefficient (Wildman–Crippen LogP) is 3.52. The summed E-state index contributed by atoms with van der Waals surface area (Å²) in [4.78, 5) is 0. The maximum atomic E-state index is 13.7. The van der Waals surface area contributed by atoms with E-state index in [2.05, 4.69) is 0 Å². The van der Waals surface area contributed by atoms with Gasteiger partial charge in [0.2, 0.25) is 0 Å². The fourth-order valence-corrected chi connectivity index (χ4v) is 1.83. The summed E-state index contributed by atoms with van der Waals surface area (Å²) in [5, 5.41) is 0. The van der Waals surface area contributed by atoms with E-state index in [0.29, 0.717) is 23.4 Å². The lowest BCUT2D eigenvalue weighted by Crippen LogP contribution is -2.00. The lowest BCUT2D eigenvalue weighted by molar-refractivity contribution is 0.410. The number of nitrogens with two attached hydrogens (primary N) is 1. The zero-order valence-corrected chi connectivity index (χ0v) is 11.1. The highest BCUT2D eigenvalue weighted by Gasteiger charge is 2.09. The van der Waals surface area contributed by atoms with Gasteiger partial charge in [-0.25, -0.2) is 8.78 Å². The van der Waals surface area contributed by atoms with Crippen molar-refractivity contribution in [1.29, 1.82) is 0 Å². The number of halogens is 3. The summed E-state index contributed by atoms with van der Waals surface area (Å²) < 4.78 is 31.6. The molecule has 5 heteroatoms. The summed E-state index contributed by atoms with van der Waals surface area (Å²) in [7, 11) is 1.55. The third-order valence-electron chi connectivity index (χ3n) is 2.74. The first-order valence-corrected chi connectivity index (χ1v) is 5.48. The molecule has 0 aromatic heterocycles. The molecule has 0 spiro atoms. The van der Waals surface area contributed by atoms with E-state index in [0.717, 1.165) is 11.6 Å². The molecule has 0 fully saturated rings. The first-order chi connectivity index (χ1) is 8.65. The molecule has 0 heterocycles. The molecule has 2 rings (SSSR count). The predicted molar refractivity (Wildman–Crippen MR) is 73.5 cm³/mol. The van der Waals surface area contributed by atoms with Gasteiger partial charge >= 0.3 is 0 Å². The van der Waals surface area contributed by atoms with Crippen LogP contribution in [0.2, 0.25) is 0 Å². The van der Waals surface area contributed by atoms with Crippen molar-refractivity contribution in [3.8, 4) is 16.9 Å². The Morgan fingerprint density at radius 1 is 1.11 bits per heavy atom. The van der Waals surface area contributed by atoms with Crippen molar-refractivity contribution in [2.45, 2.75) is 6.54 Å². The summed E-state index contributed by atoms with van der Waals surface area (Å²) in [5.74, 6) is -0.532. The van der Waals surface area contributed by atoms with E-state index in [4.69, 9.17) is 10.5 Å². The number of benzene rings is 2. The second-order valence-corrected chi connectivity index (χ2v) is 3.85. The minimum absolute atomic E-state index is 0. The molecule has 0 amide bonds. The van der Waals surface area contributed by atoms with Gasteiger partial charge in [0, 0.05) is 23.7 Å². The Morgan fingerprint density at radius 3 is 2.42 bits per heavy atom. The van der Waals surface area contributed by atoms with Gasteiger partial charge < -0.3 is 10.5 Å². The zero-order valence-electron chi connectivity index (χ0n) is 10.3. The third kappa shape index (κ3) is 3.22. The van der Waals surface area contributed by atoms with Crippen molar-refractivity contribution < 1.29 is 13.5 Å². The van der Waals surface area contributed by atoms with Gasteiger partial charge in [-0.15, -0.1) is 12.4 Å². The number of hydrogen-bond donors (Lipinski definition) is 1. The minimum Gasteiger partial charge on any atom is -0.496 e. The van der Waals surface area contributed by atoms with Gasteiger partial charge in [0.05, 0.1) is 7.11 Å². The molecule has 2 N–H and O–H groups in total. The summed E-state index contributed by atoms with van der Waals surface area (Å²) in [6, 6.07) is 8.68. The second-order valence-electron chi connectivity index (χ2n) is 3.85. The Morgan fingerprint density at radius 2 is 1.84 bits per heavy atom. The third-order valence-corrected chi connectivity index (χ3v) is 2.74. The van der Waals surface area contributed by atoms with Crippen LogP contribution in [-0.4, -0.2) is 7.11 Å². The highest BCUT2D eigenvalue weighted by atomic mass is 35.5. The highest BCUT2D eigenvalue weighted by molar-refractivity contribution is 5.85. The molecule has 2 aromatic rings. The van der Waals surface area contributed by atoms with Crippen LogP contribution in [0.4, 0.5) is 8.78 Å². The van der Waals surface area contributed by atoms with Gasteiger partial charge in [0.1, 0.15) is 17.4 Å². The standard InChI is InChI=1S/C14H13F2NO.ClH/c1-18-14-5-2-9(6-10(14)8-17)12-4-3-11(15)7-13(12)16;/h2-7H,8,17H2,1H3;1H. The average molecular weight is 286 g/mol. The lowest BCUT2D eigenvalue weighted by atomic mass is 10.0. The summed E-state index contributed by atoms with van der Waals surface area (Å²) in [6.07, 6.45) is 0. The summed E-state index contributed by atoms with van der Waals surface area (Å²) in [6.45, 7) is 0.291. The van der Waals surface area contributed by atoms with Gasteiger partial charge in [0.15, 0.2) is 0 Å². The molecule has 0 aliphatic carbocycles. The van der Waals surface area contributed by atoms with Crippen molar-refractivity contribution in [3.63, 3.8) is 0 Å². The number of hydrogen-bond acceptors (Lipinski definition) is 2. The number of methoxy groups -OCH3 is 1. The molecule has 0 saturated carbocycles. The molecule has 0 aliphatic heterocycles. The van der Waals surface area contributed by atoms with Crippen molar-refractivity contribution in [2.75, 3.05) is 7.11 Å². The van der Waals surface area contributed by atoms with E-state index >= 15 is 0 Å². The van der Waals surface area contributed by atoms with Gasteiger partial charge in [-0.2, -0.15) is 0 Å². The smallest absolute Gasteiger partial charge is 0.133 e. The average Bonchev–Trinajstić information content (AvgIpc) is 2.38. The van der Waals surface area contributed by atoms with Crippen LogP contribution in [0.15, 0.2) is 36.4 Å². The van der Waals surface area contributed by atoms with Crippen LogP contribution in [-0.2, 0) is 6.54 Å². The molecule has 2 aromatic carbocycles. The monoisotopic (exact) mass is 285 g/mol. The Kier molecular flexibility index (Phi) is 5.27. The summed E-state index contributed by atoms with van der Waals surface area (Å²) >= 11 is 0. The molecule has 2 nitrogen and oxygen atoms in total. The fourth-order valence-electron chi connectivity index (χ4n) is 1.83. The maximum absolute atomic E-state index is 13.7. The van der Waals surface area contributed by atoms with E-state index in [9.17, 15) is 8.78 Å². The van der Waals surface area contributed by atoms with E-state index in [1.165, 1.54) is 12.1 Å². The SMILES string of the molecule is COc1ccc(-c2ccc(F)cc2F)cc1CN.Cl. The van der Waals surface area contributed by atoms with E-state index in [1.54, 1.807) is 25.3 Å². The van der Waals surface area contributed by atoms with Crippen LogP contribution in [0.1, 0.15) is 5.56 Å². The normalized spacial score (nSPS) is 9.89. The first-order valence-electron chi connectivity index (χ1n) is 5.48. The molecule has 0 aliphatic rings. The molecule has 0 atom stereocenters. The van der Waals surface area contributed by atoms with Gasteiger partial charge in [-0.3, -0.25) is 0 Å². The fraction of sp³-hybridized carbons (Fsp3) is 0.143. The molecular formula is C14H14ClF2NO. The summed E-state index contributed by atoms with van der Waals surface area (Å²) in [5.41, 5.74) is 7.37. The van der Waals surface area contributed by atoms with Crippen molar-refractivity contribution in [2.24, 2.45) is 5.73 Å². The van der Waals surface area contributed by atoms with E-state index < -0.39 is 11.6 Å². The van der Waals surface area contributed by atoms with Crippen LogP contribution in [0.25, 0.3) is 11.1 Å². The topological polar surface area (TPSA) is 35.2 Å². The first kappa shape index (κ1) is 15.4. The zero-order chi connectivity index (χ0) is 13.1. The van der Waals surface area contributed by atoms with Crippen LogP contribution in [0.3, 0.4) is 0 Å². The molecule has 0 saturated heterocycles. The van der Waals surface area contributed by atoms with E-state index in [-0.39, 0.29) is 12.4 Å². The Hall–Kier alpha value is -1.65. The van der Waals surface area contributed by atoms with Crippen LogP contribution < -0.4 is 10.5 Å².